The highest BCUT2D eigenvalue weighted by Gasteiger charge is 2.08. The molecule has 2 rings (SSSR count). The molecule has 5 nitrogen and oxygen atoms in total. The van der Waals surface area contributed by atoms with Crippen molar-refractivity contribution >= 4 is 27.7 Å². The number of pyridine rings is 1. The van der Waals surface area contributed by atoms with Gasteiger partial charge in [0, 0.05) is 6.20 Å². The molecule has 7 heteroatoms. The Labute approximate surface area is 104 Å². The highest BCUT2D eigenvalue weighted by Crippen LogP contribution is 2.08. The molecule has 0 spiro atoms. The summed E-state index contributed by atoms with van der Waals surface area (Å²) >= 11 is 3.12. The van der Waals surface area contributed by atoms with E-state index < -0.39 is 11.7 Å². The minimum absolute atomic E-state index is 0.120. The molecule has 17 heavy (non-hydrogen) atoms. The molecule has 2 aromatic heterocycles. The van der Waals surface area contributed by atoms with E-state index in [-0.39, 0.29) is 11.4 Å². The third-order valence-corrected chi connectivity index (χ3v) is 2.24. The highest BCUT2D eigenvalue weighted by atomic mass is 79.9. The fourth-order valence-electron chi connectivity index (χ4n) is 1.10. The normalized spacial score (nSPS) is 10.0. The zero-order chi connectivity index (χ0) is 12.3. The minimum atomic E-state index is -0.570. The number of aromatic nitrogens is 3. The number of anilines is 1. The molecule has 0 bridgehead atoms. The van der Waals surface area contributed by atoms with Crippen LogP contribution in [-0.2, 0) is 0 Å². The van der Waals surface area contributed by atoms with Crippen LogP contribution < -0.4 is 5.32 Å². The molecular formula is C10H6BrFN4O. The molecular weight excluding hydrogens is 291 g/mol. The van der Waals surface area contributed by atoms with Gasteiger partial charge in [0.25, 0.3) is 5.91 Å². The third-order valence-electron chi connectivity index (χ3n) is 1.83. The molecule has 2 aromatic rings. The largest absolute Gasteiger partial charge is 0.305 e. The first-order chi connectivity index (χ1) is 8.15. The smallest absolute Gasteiger partial charge is 0.258 e. The van der Waals surface area contributed by atoms with E-state index in [1.54, 1.807) is 0 Å². The lowest BCUT2D eigenvalue weighted by Gasteiger charge is -2.03. The van der Waals surface area contributed by atoms with Gasteiger partial charge in [-0.3, -0.25) is 9.78 Å². The van der Waals surface area contributed by atoms with E-state index in [4.69, 9.17) is 0 Å². The predicted octanol–water partition coefficient (Wildman–Crippen LogP) is 2.03. The van der Waals surface area contributed by atoms with Crippen LogP contribution in [0, 0.1) is 5.82 Å². The van der Waals surface area contributed by atoms with Crippen LogP contribution in [-0.4, -0.2) is 20.9 Å². The Morgan fingerprint density at radius 3 is 2.71 bits per heavy atom. The van der Waals surface area contributed by atoms with Crippen LogP contribution in [0.2, 0.25) is 0 Å². The minimum Gasteiger partial charge on any atom is -0.305 e. The van der Waals surface area contributed by atoms with E-state index in [1.807, 2.05) is 0 Å². The van der Waals surface area contributed by atoms with Gasteiger partial charge in [0.2, 0.25) is 0 Å². The van der Waals surface area contributed by atoms with Crippen LogP contribution in [0.25, 0.3) is 0 Å². The second-order valence-electron chi connectivity index (χ2n) is 3.07. The van der Waals surface area contributed by atoms with Crippen molar-refractivity contribution in [1.82, 2.24) is 15.0 Å². The molecule has 0 atom stereocenters. The number of nitrogens with zero attached hydrogens (tertiary/aromatic N) is 3. The Balaban J connectivity index is 2.14. The maximum atomic E-state index is 12.8. The van der Waals surface area contributed by atoms with Crippen molar-refractivity contribution in [2.45, 2.75) is 0 Å². The summed E-state index contributed by atoms with van der Waals surface area (Å²) in [4.78, 5) is 23.0. The second kappa shape index (κ2) is 4.96. The number of amides is 1. The number of rotatable bonds is 2. The monoisotopic (exact) mass is 296 g/mol. The fourth-order valence-corrected chi connectivity index (χ4v) is 1.31. The number of nitrogens with one attached hydrogen (secondary N) is 1. The van der Waals surface area contributed by atoms with Crippen LogP contribution in [0.5, 0.6) is 0 Å². The van der Waals surface area contributed by atoms with Gasteiger partial charge in [0.05, 0.1) is 24.2 Å². The zero-order valence-electron chi connectivity index (χ0n) is 8.39. The average molecular weight is 297 g/mol. The Hall–Kier alpha value is -1.89. The molecule has 0 radical (unpaired) electrons. The Kier molecular flexibility index (Phi) is 3.38. The van der Waals surface area contributed by atoms with Gasteiger partial charge in [-0.25, -0.2) is 14.4 Å². The predicted molar refractivity (Wildman–Crippen MR) is 61.9 cm³/mol. The van der Waals surface area contributed by atoms with Crippen molar-refractivity contribution in [3.05, 3.63) is 46.8 Å². The van der Waals surface area contributed by atoms with Crippen molar-refractivity contribution < 1.29 is 9.18 Å². The first kappa shape index (κ1) is 11.6. The van der Waals surface area contributed by atoms with Crippen molar-refractivity contribution in [3.63, 3.8) is 0 Å². The Bertz CT molecular complexity index is 546. The van der Waals surface area contributed by atoms with Gasteiger partial charge in [0.15, 0.2) is 5.82 Å². The van der Waals surface area contributed by atoms with Gasteiger partial charge < -0.3 is 5.32 Å². The lowest BCUT2D eigenvalue weighted by molar-refractivity contribution is 0.102. The van der Waals surface area contributed by atoms with E-state index >= 15 is 0 Å². The lowest BCUT2D eigenvalue weighted by Crippen LogP contribution is -2.13. The van der Waals surface area contributed by atoms with Gasteiger partial charge in [-0.2, -0.15) is 0 Å². The number of carbonyl (C=O) groups excluding carboxylic acids is 1. The molecule has 0 saturated carbocycles. The van der Waals surface area contributed by atoms with E-state index in [0.29, 0.717) is 4.60 Å². The number of hydrogen-bond donors (Lipinski definition) is 1. The summed E-state index contributed by atoms with van der Waals surface area (Å²) in [6.07, 6.45) is 5.12. The van der Waals surface area contributed by atoms with Crippen LogP contribution >= 0.6 is 15.9 Å². The molecule has 0 aliphatic rings. The standard InChI is InChI=1S/C10H6BrFN4O/c11-8-4-15-9(5-14-8)16-10(17)6-1-7(12)3-13-2-6/h1-5H,(H,15,16,17). The SMILES string of the molecule is O=C(Nc1cnc(Br)cn1)c1cncc(F)c1. The molecule has 2 heterocycles. The van der Waals surface area contributed by atoms with Gasteiger partial charge in [0.1, 0.15) is 10.4 Å². The summed E-state index contributed by atoms with van der Waals surface area (Å²) in [5.41, 5.74) is 0.120. The number of hydrogen-bond acceptors (Lipinski definition) is 4. The molecule has 86 valence electrons. The second-order valence-corrected chi connectivity index (χ2v) is 3.88. The maximum Gasteiger partial charge on any atom is 0.258 e. The molecule has 1 N–H and O–H groups in total. The van der Waals surface area contributed by atoms with Crippen LogP contribution in [0.1, 0.15) is 10.4 Å². The number of halogens is 2. The van der Waals surface area contributed by atoms with Crippen LogP contribution in [0.15, 0.2) is 35.5 Å². The highest BCUT2D eigenvalue weighted by molar-refractivity contribution is 9.10. The quantitative estimate of drug-likeness (QED) is 0.921. The van der Waals surface area contributed by atoms with Gasteiger partial charge in [-0.05, 0) is 22.0 Å². The summed E-state index contributed by atoms with van der Waals surface area (Å²) in [5.74, 6) is -0.782. The van der Waals surface area contributed by atoms with E-state index in [1.165, 1.54) is 18.6 Å². The zero-order valence-corrected chi connectivity index (χ0v) is 9.98. The Morgan fingerprint density at radius 2 is 2.06 bits per heavy atom. The molecule has 0 saturated heterocycles. The molecule has 0 aliphatic heterocycles. The summed E-state index contributed by atoms with van der Waals surface area (Å²) in [5, 5.41) is 2.47. The third kappa shape index (κ3) is 3.04. The van der Waals surface area contributed by atoms with Crippen LogP contribution in [0.3, 0.4) is 0 Å². The summed E-state index contributed by atoms with van der Waals surface area (Å²) in [7, 11) is 0. The van der Waals surface area contributed by atoms with Crippen LogP contribution in [0.4, 0.5) is 10.2 Å². The molecule has 0 unspecified atom stereocenters. The van der Waals surface area contributed by atoms with Gasteiger partial charge >= 0.3 is 0 Å². The lowest BCUT2D eigenvalue weighted by atomic mass is 10.2. The first-order valence-electron chi connectivity index (χ1n) is 4.54. The van der Waals surface area contributed by atoms with Gasteiger partial charge in [-0.1, -0.05) is 0 Å². The molecule has 0 fully saturated rings. The molecule has 0 aliphatic carbocycles. The van der Waals surface area contributed by atoms with E-state index in [9.17, 15) is 9.18 Å². The van der Waals surface area contributed by atoms with Gasteiger partial charge in [-0.15, -0.1) is 0 Å². The van der Waals surface area contributed by atoms with Crippen molar-refractivity contribution in [2.24, 2.45) is 0 Å². The summed E-state index contributed by atoms with van der Waals surface area (Å²) < 4.78 is 13.4. The average Bonchev–Trinajstić information content (AvgIpc) is 2.32. The summed E-state index contributed by atoms with van der Waals surface area (Å²) in [6, 6.07) is 1.09. The first-order valence-corrected chi connectivity index (χ1v) is 5.34. The van der Waals surface area contributed by atoms with E-state index in [2.05, 4.69) is 36.2 Å². The fraction of sp³-hybridized carbons (Fsp3) is 0. The van der Waals surface area contributed by atoms with E-state index in [0.717, 1.165) is 12.3 Å². The molecule has 1 amide bonds. The molecule has 0 aromatic carbocycles. The Morgan fingerprint density at radius 1 is 1.24 bits per heavy atom. The van der Waals surface area contributed by atoms with Crippen molar-refractivity contribution in [2.75, 3.05) is 5.32 Å². The topological polar surface area (TPSA) is 67.8 Å². The van der Waals surface area contributed by atoms with Crippen molar-refractivity contribution in [1.29, 1.82) is 0 Å². The van der Waals surface area contributed by atoms with Crippen molar-refractivity contribution in [3.8, 4) is 0 Å². The summed E-state index contributed by atoms with van der Waals surface area (Å²) in [6.45, 7) is 0. The maximum absolute atomic E-state index is 12.8. The number of carbonyl (C=O) groups is 1.